The SMILES string of the molecule is CCC1(CNC(=O)c2ccccc2C#CCN)CCC1. The normalized spacial score (nSPS) is 15.7. The summed E-state index contributed by atoms with van der Waals surface area (Å²) in [6.45, 7) is 3.27. The van der Waals surface area contributed by atoms with Crippen molar-refractivity contribution < 1.29 is 4.79 Å². The summed E-state index contributed by atoms with van der Waals surface area (Å²) in [5.41, 5.74) is 7.10. The van der Waals surface area contributed by atoms with E-state index >= 15 is 0 Å². The third kappa shape index (κ3) is 3.20. The third-order valence-electron chi connectivity index (χ3n) is 4.28. The minimum atomic E-state index is -0.0355. The highest BCUT2D eigenvalue weighted by Gasteiger charge is 2.35. The Balaban J connectivity index is 2.05. The lowest BCUT2D eigenvalue weighted by molar-refractivity contribution is 0.0850. The van der Waals surface area contributed by atoms with Crippen LogP contribution in [0.15, 0.2) is 24.3 Å². The second-order valence-corrected chi connectivity index (χ2v) is 5.44. The van der Waals surface area contributed by atoms with E-state index in [0.717, 1.165) is 18.5 Å². The number of nitrogens with two attached hydrogens (primary N) is 1. The molecule has 0 aliphatic heterocycles. The van der Waals surface area contributed by atoms with Crippen molar-refractivity contribution in [3.63, 3.8) is 0 Å². The number of benzene rings is 1. The maximum atomic E-state index is 12.3. The summed E-state index contributed by atoms with van der Waals surface area (Å²) in [6, 6.07) is 7.42. The van der Waals surface area contributed by atoms with E-state index in [1.807, 2.05) is 24.3 Å². The predicted molar refractivity (Wildman–Crippen MR) is 81.3 cm³/mol. The monoisotopic (exact) mass is 270 g/mol. The van der Waals surface area contributed by atoms with Gasteiger partial charge in [0.15, 0.2) is 0 Å². The van der Waals surface area contributed by atoms with Crippen molar-refractivity contribution in [2.75, 3.05) is 13.1 Å². The second-order valence-electron chi connectivity index (χ2n) is 5.44. The van der Waals surface area contributed by atoms with E-state index in [1.54, 1.807) is 0 Å². The summed E-state index contributed by atoms with van der Waals surface area (Å²) >= 11 is 0. The highest BCUT2D eigenvalue weighted by molar-refractivity contribution is 5.96. The molecule has 3 heteroatoms. The van der Waals surface area contributed by atoms with Crippen molar-refractivity contribution in [3.05, 3.63) is 35.4 Å². The number of nitrogens with one attached hydrogen (secondary N) is 1. The van der Waals surface area contributed by atoms with Crippen LogP contribution in [0.25, 0.3) is 0 Å². The van der Waals surface area contributed by atoms with Crippen molar-refractivity contribution in [2.45, 2.75) is 32.6 Å². The molecule has 1 aliphatic carbocycles. The zero-order valence-electron chi connectivity index (χ0n) is 12.0. The topological polar surface area (TPSA) is 55.1 Å². The molecule has 1 fully saturated rings. The Morgan fingerprint density at radius 3 is 2.75 bits per heavy atom. The van der Waals surface area contributed by atoms with Gasteiger partial charge in [-0.15, -0.1) is 0 Å². The van der Waals surface area contributed by atoms with Crippen LogP contribution in [0.1, 0.15) is 48.5 Å². The number of carbonyl (C=O) groups is 1. The lowest BCUT2D eigenvalue weighted by atomic mass is 9.67. The fourth-order valence-electron chi connectivity index (χ4n) is 2.63. The van der Waals surface area contributed by atoms with Crippen LogP contribution in [0, 0.1) is 17.3 Å². The number of rotatable bonds is 4. The van der Waals surface area contributed by atoms with Gasteiger partial charge in [0.05, 0.1) is 12.1 Å². The molecular weight excluding hydrogens is 248 g/mol. The standard InChI is InChI=1S/C17H22N2O/c1-2-17(10-6-11-17)13-19-16(20)15-9-4-3-7-14(15)8-5-12-18/h3-4,7,9H,2,6,10-13,18H2,1H3,(H,19,20). The van der Waals surface area contributed by atoms with E-state index in [2.05, 4.69) is 24.1 Å². The molecule has 0 bridgehead atoms. The van der Waals surface area contributed by atoms with Crippen LogP contribution < -0.4 is 11.1 Å². The number of carbonyl (C=O) groups excluding carboxylic acids is 1. The Labute approximate surface area is 120 Å². The van der Waals surface area contributed by atoms with Crippen molar-refractivity contribution in [1.29, 1.82) is 0 Å². The van der Waals surface area contributed by atoms with Gasteiger partial charge in [0.2, 0.25) is 0 Å². The second kappa shape index (κ2) is 6.58. The summed E-state index contributed by atoms with van der Waals surface area (Å²) in [7, 11) is 0. The molecule has 1 aromatic carbocycles. The van der Waals surface area contributed by atoms with Gasteiger partial charge in [-0.05, 0) is 36.8 Å². The van der Waals surface area contributed by atoms with Crippen LogP contribution in [0.4, 0.5) is 0 Å². The van der Waals surface area contributed by atoms with Gasteiger partial charge in [-0.25, -0.2) is 0 Å². The fourth-order valence-corrected chi connectivity index (χ4v) is 2.63. The number of hydrogen-bond acceptors (Lipinski definition) is 2. The van der Waals surface area contributed by atoms with E-state index in [4.69, 9.17) is 5.73 Å². The first-order valence-electron chi connectivity index (χ1n) is 7.27. The first-order valence-corrected chi connectivity index (χ1v) is 7.27. The Morgan fingerprint density at radius 1 is 1.40 bits per heavy atom. The number of amides is 1. The van der Waals surface area contributed by atoms with Gasteiger partial charge < -0.3 is 11.1 Å². The van der Waals surface area contributed by atoms with E-state index in [9.17, 15) is 4.79 Å². The predicted octanol–water partition coefficient (Wildman–Crippen LogP) is 2.31. The van der Waals surface area contributed by atoms with Crippen molar-refractivity contribution in [1.82, 2.24) is 5.32 Å². The number of hydrogen-bond donors (Lipinski definition) is 2. The van der Waals surface area contributed by atoms with Gasteiger partial charge in [-0.2, -0.15) is 0 Å². The summed E-state index contributed by atoms with van der Waals surface area (Å²) in [5, 5.41) is 3.07. The van der Waals surface area contributed by atoms with E-state index < -0.39 is 0 Å². The van der Waals surface area contributed by atoms with Crippen molar-refractivity contribution in [3.8, 4) is 11.8 Å². The van der Waals surface area contributed by atoms with Crippen molar-refractivity contribution >= 4 is 5.91 Å². The molecule has 0 aromatic heterocycles. The zero-order chi connectivity index (χ0) is 14.4. The first kappa shape index (κ1) is 14.6. The minimum Gasteiger partial charge on any atom is -0.351 e. The van der Waals surface area contributed by atoms with Gasteiger partial charge in [0.25, 0.3) is 5.91 Å². The van der Waals surface area contributed by atoms with Crippen LogP contribution in [0.5, 0.6) is 0 Å². The maximum absolute atomic E-state index is 12.3. The molecule has 20 heavy (non-hydrogen) atoms. The maximum Gasteiger partial charge on any atom is 0.252 e. The Hall–Kier alpha value is -1.79. The molecule has 1 amide bonds. The van der Waals surface area contributed by atoms with Gasteiger partial charge in [0.1, 0.15) is 0 Å². The molecule has 0 unspecified atom stereocenters. The Kier molecular flexibility index (Phi) is 4.81. The first-order chi connectivity index (χ1) is 9.71. The van der Waals surface area contributed by atoms with Crippen LogP contribution in [0.3, 0.4) is 0 Å². The average molecular weight is 270 g/mol. The van der Waals surface area contributed by atoms with Gasteiger partial charge in [-0.3, -0.25) is 4.79 Å². The third-order valence-corrected chi connectivity index (χ3v) is 4.28. The zero-order valence-corrected chi connectivity index (χ0v) is 12.0. The van der Waals surface area contributed by atoms with Gasteiger partial charge in [0, 0.05) is 12.1 Å². The highest BCUT2D eigenvalue weighted by Crippen LogP contribution is 2.43. The molecule has 0 saturated heterocycles. The Bertz CT molecular complexity index is 530. The molecule has 0 radical (unpaired) electrons. The fraction of sp³-hybridized carbons (Fsp3) is 0.471. The molecule has 1 aromatic rings. The van der Waals surface area contributed by atoms with Crippen LogP contribution in [0.2, 0.25) is 0 Å². The van der Waals surface area contributed by atoms with E-state index in [-0.39, 0.29) is 5.91 Å². The van der Waals surface area contributed by atoms with Crippen molar-refractivity contribution in [2.24, 2.45) is 11.1 Å². The highest BCUT2D eigenvalue weighted by atomic mass is 16.1. The van der Waals surface area contributed by atoms with E-state index in [1.165, 1.54) is 19.3 Å². The molecule has 2 rings (SSSR count). The molecule has 0 spiro atoms. The van der Waals surface area contributed by atoms with Crippen LogP contribution in [-0.4, -0.2) is 19.0 Å². The summed E-state index contributed by atoms with van der Waals surface area (Å²) < 4.78 is 0. The Morgan fingerprint density at radius 2 is 2.15 bits per heavy atom. The quantitative estimate of drug-likeness (QED) is 0.825. The van der Waals surface area contributed by atoms with E-state index in [0.29, 0.717) is 17.5 Å². The average Bonchev–Trinajstić information content (AvgIpc) is 2.44. The lowest BCUT2D eigenvalue weighted by Crippen LogP contribution is -2.41. The molecule has 0 atom stereocenters. The molecule has 3 N–H and O–H groups in total. The summed E-state index contributed by atoms with van der Waals surface area (Å²) in [5.74, 6) is 5.73. The lowest BCUT2D eigenvalue weighted by Gasteiger charge is -2.41. The molecular formula is C17H22N2O. The molecule has 0 heterocycles. The van der Waals surface area contributed by atoms with Crippen LogP contribution in [-0.2, 0) is 0 Å². The largest absolute Gasteiger partial charge is 0.351 e. The van der Waals surface area contributed by atoms with Gasteiger partial charge >= 0.3 is 0 Å². The minimum absolute atomic E-state index is 0.0355. The molecule has 106 valence electrons. The smallest absolute Gasteiger partial charge is 0.252 e. The molecule has 1 saturated carbocycles. The summed E-state index contributed by atoms with van der Waals surface area (Å²) in [4.78, 5) is 12.3. The van der Waals surface area contributed by atoms with Crippen LogP contribution >= 0.6 is 0 Å². The summed E-state index contributed by atoms with van der Waals surface area (Å²) in [6.07, 6.45) is 4.85. The van der Waals surface area contributed by atoms with Gasteiger partial charge in [-0.1, -0.05) is 37.3 Å². The molecule has 3 nitrogen and oxygen atoms in total. The molecule has 1 aliphatic rings.